The SMILES string of the molecule is CCn1nc(C)c2ccn(CC(=O)N3CCN(c4ccccn4)CC3)c(=O)c21. The summed E-state index contributed by atoms with van der Waals surface area (Å²) in [5, 5.41) is 5.26. The Labute approximate surface area is 163 Å². The average Bonchev–Trinajstić information content (AvgIpc) is 3.07. The molecule has 1 amide bonds. The first-order valence-electron chi connectivity index (χ1n) is 9.58. The summed E-state index contributed by atoms with van der Waals surface area (Å²) in [5.74, 6) is 0.890. The molecule has 0 aliphatic carbocycles. The van der Waals surface area contributed by atoms with E-state index >= 15 is 0 Å². The van der Waals surface area contributed by atoms with Crippen molar-refractivity contribution in [2.75, 3.05) is 31.1 Å². The quantitative estimate of drug-likeness (QED) is 0.681. The Morgan fingerprint density at radius 3 is 2.61 bits per heavy atom. The second-order valence-electron chi connectivity index (χ2n) is 6.97. The van der Waals surface area contributed by atoms with Gasteiger partial charge in [-0.3, -0.25) is 14.3 Å². The lowest BCUT2D eigenvalue weighted by atomic mass is 10.2. The number of anilines is 1. The standard InChI is InChI=1S/C20H24N6O2/c1-3-26-19-16(15(2)22-26)7-9-25(20(19)28)14-18(27)24-12-10-23(11-13-24)17-6-4-5-8-21-17/h4-9H,3,10-14H2,1-2H3. The van der Waals surface area contributed by atoms with Gasteiger partial charge in [0.1, 0.15) is 17.9 Å². The first-order valence-corrected chi connectivity index (χ1v) is 9.58. The molecule has 0 atom stereocenters. The highest BCUT2D eigenvalue weighted by Crippen LogP contribution is 2.15. The van der Waals surface area contributed by atoms with Gasteiger partial charge >= 0.3 is 0 Å². The van der Waals surface area contributed by atoms with E-state index in [2.05, 4.69) is 15.0 Å². The van der Waals surface area contributed by atoms with Crippen LogP contribution in [-0.2, 0) is 17.9 Å². The largest absolute Gasteiger partial charge is 0.353 e. The maximum atomic E-state index is 12.9. The summed E-state index contributed by atoms with van der Waals surface area (Å²) < 4.78 is 3.20. The Balaban J connectivity index is 1.47. The molecule has 4 rings (SSSR count). The van der Waals surface area contributed by atoms with Crippen LogP contribution < -0.4 is 10.5 Å². The number of hydrogen-bond donors (Lipinski definition) is 0. The van der Waals surface area contributed by atoms with Crippen molar-refractivity contribution in [3.05, 3.63) is 52.7 Å². The van der Waals surface area contributed by atoms with Gasteiger partial charge in [0.15, 0.2) is 0 Å². The van der Waals surface area contributed by atoms with Gasteiger partial charge in [-0.25, -0.2) is 4.98 Å². The maximum absolute atomic E-state index is 12.9. The molecule has 0 radical (unpaired) electrons. The molecule has 3 aromatic heterocycles. The molecular formula is C20H24N6O2. The molecule has 1 aliphatic rings. The minimum atomic E-state index is -0.166. The number of amides is 1. The van der Waals surface area contributed by atoms with Crippen LogP contribution in [0.1, 0.15) is 12.6 Å². The molecule has 8 heteroatoms. The normalized spacial score (nSPS) is 14.6. The predicted octanol–water partition coefficient (Wildman–Crippen LogP) is 1.27. The van der Waals surface area contributed by atoms with E-state index in [1.165, 1.54) is 4.57 Å². The van der Waals surface area contributed by atoms with Gasteiger partial charge in [-0.1, -0.05) is 6.07 Å². The molecule has 1 fully saturated rings. The predicted molar refractivity (Wildman–Crippen MR) is 107 cm³/mol. The number of piperazine rings is 1. The van der Waals surface area contributed by atoms with E-state index in [4.69, 9.17) is 0 Å². The van der Waals surface area contributed by atoms with Crippen molar-refractivity contribution in [1.29, 1.82) is 0 Å². The van der Waals surface area contributed by atoms with E-state index in [0.717, 1.165) is 30.0 Å². The summed E-state index contributed by atoms with van der Waals surface area (Å²) in [7, 11) is 0. The minimum absolute atomic E-state index is 0.0404. The summed E-state index contributed by atoms with van der Waals surface area (Å²) in [4.78, 5) is 34.0. The average molecular weight is 380 g/mol. The molecule has 8 nitrogen and oxygen atoms in total. The van der Waals surface area contributed by atoms with E-state index in [1.807, 2.05) is 43.0 Å². The lowest BCUT2D eigenvalue weighted by Crippen LogP contribution is -2.50. The van der Waals surface area contributed by atoms with E-state index in [1.54, 1.807) is 17.1 Å². The van der Waals surface area contributed by atoms with Crippen molar-refractivity contribution >= 4 is 22.6 Å². The van der Waals surface area contributed by atoms with Crippen LogP contribution in [0.25, 0.3) is 10.9 Å². The van der Waals surface area contributed by atoms with Crippen LogP contribution >= 0.6 is 0 Å². The second-order valence-corrected chi connectivity index (χ2v) is 6.97. The van der Waals surface area contributed by atoms with Gasteiger partial charge in [-0.2, -0.15) is 5.10 Å². The van der Waals surface area contributed by atoms with Crippen molar-refractivity contribution in [2.24, 2.45) is 0 Å². The summed E-state index contributed by atoms with van der Waals surface area (Å²) in [5.41, 5.74) is 1.23. The highest BCUT2D eigenvalue weighted by molar-refractivity contribution is 5.81. The number of aromatic nitrogens is 4. The Bertz CT molecular complexity index is 1050. The fraction of sp³-hybridized carbons (Fsp3) is 0.400. The number of hydrogen-bond acceptors (Lipinski definition) is 5. The molecule has 0 aromatic carbocycles. The number of nitrogens with zero attached hydrogens (tertiary/aromatic N) is 6. The zero-order chi connectivity index (χ0) is 19.7. The zero-order valence-corrected chi connectivity index (χ0v) is 16.2. The Morgan fingerprint density at radius 2 is 1.93 bits per heavy atom. The molecule has 0 bridgehead atoms. The molecule has 1 saturated heterocycles. The van der Waals surface area contributed by atoms with Gasteiger partial charge in [-0.05, 0) is 32.0 Å². The molecule has 0 unspecified atom stereocenters. The summed E-state index contributed by atoms with van der Waals surface area (Å²) in [6.07, 6.45) is 3.47. The Kier molecular flexibility index (Phi) is 4.85. The zero-order valence-electron chi connectivity index (χ0n) is 16.2. The Hall–Kier alpha value is -3.16. The third-order valence-corrected chi connectivity index (χ3v) is 5.27. The number of carbonyl (C=O) groups excluding carboxylic acids is 1. The van der Waals surface area contributed by atoms with E-state index in [-0.39, 0.29) is 18.0 Å². The minimum Gasteiger partial charge on any atom is -0.353 e. The number of carbonyl (C=O) groups is 1. The van der Waals surface area contributed by atoms with Gasteiger partial charge in [0.25, 0.3) is 5.56 Å². The molecule has 0 spiro atoms. The molecule has 4 heterocycles. The van der Waals surface area contributed by atoms with Crippen molar-refractivity contribution < 1.29 is 4.79 Å². The van der Waals surface area contributed by atoms with Crippen LogP contribution in [-0.4, -0.2) is 56.3 Å². The highest BCUT2D eigenvalue weighted by atomic mass is 16.2. The summed E-state index contributed by atoms with van der Waals surface area (Å²) in [6.45, 7) is 7.23. The lowest BCUT2D eigenvalue weighted by molar-refractivity contribution is -0.132. The van der Waals surface area contributed by atoms with Gasteiger partial charge in [-0.15, -0.1) is 0 Å². The van der Waals surface area contributed by atoms with Crippen molar-refractivity contribution in [1.82, 2.24) is 24.2 Å². The van der Waals surface area contributed by atoms with E-state index in [9.17, 15) is 9.59 Å². The smallest absolute Gasteiger partial charge is 0.277 e. The Morgan fingerprint density at radius 1 is 1.14 bits per heavy atom. The third kappa shape index (κ3) is 3.26. The molecule has 3 aromatic rings. The molecule has 0 N–H and O–H groups in total. The second kappa shape index (κ2) is 7.46. The van der Waals surface area contributed by atoms with Crippen LogP contribution in [0.15, 0.2) is 41.5 Å². The summed E-state index contributed by atoms with van der Waals surface area (Å²) in [6, 6.07) is 7.71. The summed E-state index contributed by atoms with van der Waals surface area (Å²) >= 11 is 0. The van der Waals surface area contributed by atoms with Crippen LogP contribution in [0, 0.1) is 6.92 Å². The molecule has 146 valence electrons. The topological polar surface area (TPSA) is 76.3 Å². The lowest BCUT2D eigenvalue weighted by Gasteiger charge is -2.35. The maximum Gasteiger partial charge on any atom is 0.277 e. The van der Waals surface area contributed by atoms with Crippen LogP contribution in [0.3, 0.4) is 0 Å². The van der Waals surface area contributed by atoms with E-state index < -0.39 is 0 Å². The highest BCUT2D eigenvalue weighted by Gasteiger charge is 2.22. The van der Waals surface area contributed by atoms with Crippen molar-refractivity contribution in [3.63, 3.8) is 0 Å². The van der Waals surface area contributed by atoms with Crippen molar-refractivity contribution in [3.8, 4) is 0 Å². The molecule has 0 saturated carbocycles. The van der Waals surface area contributed by atoms with Gasteiger partial charge < -0.3 is 14.4 Å². The number of rotatable bonds is 4. The fourth-order valence-electron chi connectivity index (χ4n) is 3.71. The number of aryl methyl sites for hydroxylation is 2. The molecule has 28 heavy (non-hydrogen) atoms. The third-order valence-electron chi connectivity index (χ3n) is 5.27. The van der Waals surface area contributed by atoms with Gasteiger partial charge in [0, 0.05) is 50.5 Å². The molecule has 1 aliphatic heterocycles. The monoisotopic (exact) mass is 380 g/mol. The van der Waals surface area contributed by atoms with Crippen LogP contribution in [0.2, 0.25) is 0 Å². The first kappa shape index (κ1) is 18.2. The van der Waals surface area contributed by atoms with Gasteiger partial charge in [0.2, 0.25) is 5.91 Å². The molecular weight excluding hydrogens is 356 g/mol. The van der Waals surface area contributed by atoms with Gasteiger partial charge in [0.05, 0.1) is 5.69 Å². The first-order chi connectivity index (χ1) is 13.6. The van der Waals surface area contributed by atoms with E-state index in [0.29, 0.717) is 25.2 Å². The van der Waals surface area contributed by atoms with Crippen LogP contribution in [0.5, 0.6) is 0 Å². The number of fused-ring (bicyclic) bond motifs is 1. The fourth-order valence-corrected chi connectivity index (χ4v) is 3.71. The van der Waals surface area contributed by atoms with Crippen molar-refractivity contribution in [2.45, 2.75) is 26.9 Å². The van der Waals surface area contributed by atoms with Crippen LogP contribution in [0.4, 0.5) is 5.82 Å². The number of pyridine rings is 2.